The minimum absolute atomic E-state index is 0.177. The Morgan fingerprint density at radius 2 is 1.91 bits per heavy atom. The molecule has 0 radical (unpaired) electrons. The number of carbonyl (C=O) groups excluding carboxylic acids is 2. The Bertz CT molecular complexity index is 1230. The molecule has 8 heteroatoms. The van der Waals surface area contributed by atoms with Crippen LogP contribution in [-0.2, 0) is 10.3 Å². The maximum absolute atomic E-state index is 13.0. The highest BCUT2D eigenvalue weighted by atomic mass is 16.5. The fourth-order valence-electron chi connectivity index (χ4n) is 4.87. The average molecular weight is 461 g/mol. The number of ether oxygens (including phenoxy) is 2. The van der Waals surface area contributed by atoms with Gasteiger partial charge in [-0.1, -0.05) is 6.07 Å². The van der Waals surface area contributed by atoms with Crippen molar-refractivity contribution in [1.82, 2.24) is 9.47 Å². The van der Waals surface area contributed by atoms with Crippen molar-refractivity contribution in [2.75, 3.05) is 37.4 Å². The lowest BCUT2D eigenvalue weighted by Crippen LogP contribution is -2.51. The molecule has 34 heavy (non-hydrogen) atoms. The molecule has 0 saturated carbocycles. The van der Waals surface area contributed by atoms with E-state index in [2.05, 4.69) is 39.6 Å². The third-order valence-electron chi connectivity index (χ3n) is 6.61. The number of likely N-dealkylation sites (tertiary alicyclic amines) is 1. The molecule has 2 aliphatic rings. The molecule has 0 atom stereocenters. The van der Waals surface area contributed by atoms with Crippen molar-refractivity contribution in [2.45, 2.75) is 25.3 Å². The first-order valence-corrected chi connectivity index (χ1v) is 11.5. The van der Waals surface area contributed by atoms with Crippen LogP contribution in [0.5, 0.6) is 5.75 Å². The highest BCUT2D eigenvalue weighted by Crippen LogP contribution is 2.44. The Labute approximate surface area is 198 Å². The van der Waals surface area contributed by atoms with Crippen LogP contribution < -0.4 is 15.4 Å². The van der Waals surface area contributed by atoms with Gasteiger partial charge >= 0.3 is 12.0 Å². The van der Waals surface area contributed by atoms with Crippen LogP contribution in [0.1, 0.15) is 35.8 Å². The van der Waals surface area contributed by atoms with Gasteiger partial charge in [-0.05, 0) is 62.2 Å². The van der Waals surface area contributed by atoms with Crippen LogP contribution in [0, 0.1) is 0 Å². The van der Waals surface area contributed by atoms with Crippen molar-refractivity contribution in [3.05, 3.63) is 72.1 Å². The van der Waals surface area contributed by atoms with E-state index in [9.17, 15) is 9.59 Å². The molecule has 5 rings (SSSR count). The molecule has 1 saturated heterocycles. The quantitative estimate of drug-likeness (QED) is 0.556. The Morgan fingerprint density at radius 1 is 1.09 bits per heavy atom. The van der Waals surface area contributed by atoms with E-state index in [4.69, 9.17) is 9.47 Å². The number of nitrogens with zero attached hydrogens (tertiary/aromatic N) is 2. The summed E-state index contributed by atoms with van der Waals surface area (Å²) in [6.45, 7) is 3.27. The van der Waals surface area contributed by atoms with Crippen LogP contribution in [0.25, 0.3) is 5.69 Å². The van der Waals surface area contributed by atoms with E-state index >= 15 is 0 Å². The van der Waals surface area contributed by atoms with Gasteiger partial charge in [0.25, 0.3) is 0 Å². The molecule has 1 spiro atoms. The van der Waals surface area contributed by atoms with Crippen LogP contribution >= 0.6 is 0 Å². The zero-order valence-corrected chi connectivity index (χ0v) is 19.3. The Morgan fingerprint density at radius 3 is 2.68 bits per heavy atom. The number of amides is 2. The molecule has 2 aromatic carbocycles. The largest absolute Gasteiger partial charge is 0.497 e. The van der Waals surface area contributed by atoms with Crippen molar-refractivity contribution in [3.63, 3.8) is 0 Å². The predicted octanol–water partition coefficient (Wildman–Crippen LogP) is 4.61. The Balaban J connectivity index is 1.30. The van der Waals surface area contributed by atoms with Gasteiger partial charge in [-0.15, -0.1) is 0 Å². The Hall–Kier alpha value is -3.94. The molecular weight excluding hydrogens is 432 g/mol. The van der Waals surface area contributed by atoms with Gasteiger partial charge in [-0.3, -0.25) is 0 Å². The molecule has 2 aliphatic heterocycles. The lowest BCUT2D eigenvalue weighted by atomic mass is 9.82. The normalized spacial score (nSPS) is 15.6. The number of fused-ring (bicyclic) bond motifs is 4. The maximum atomic E-state index is 13.0. The van der Waals surface area contributed by atoms with E-state index in [1.54, 1.807) is 38.3 Å². The number of carbonyl (C=O) groups is 2. The highest BCUT2D eigenvalue weighted by Gasteiger charge is 2.42. The first-order chi connectivity index (χ1) is 16.5. The molecule has 176 valence electrons. The lowest BCUT2D eigenvalue weighted by molar-refractivity contribution is 0.0526. The van der Waals surface area contributed by atoms with Crippen molar-refractivity contribution in [1.29, 1.82) is 0 Å². The predicted molar refractivity (Wildman–Crippen MR) is 130 cm³/mol. The number of piperidine rings is 1. The fraction of sp³-hybridized carbons (Fsp3) is 0.308. The Kier molecular flexibility index (Phi) is 5.65. The van der Waals surface area contributed by atoms with Crippen LogP contribution in [-0.4, -0.2) is 48.3 Å². The van der Waals surface area contributed by atoms with E-state index in [-0.39, 0.29) is 11.6 Å². The summed E-state index contributed by atoms with van der Waals surface area (Å²) >= 11 is 0. The van der Waals surface area contributed by atoms with Gasteiger partial charge in [-0.25, -0.2) is 9.59 Å². The summed E-state index contributed by atoms with van der Waals surface area (Å²) in [6, 6.07) is 16.9. The van der Waals surface area contributed by atoms with Gasteiger partial charge in [0.05, 0.1) is 36.2 Å². The van der Waals surface area contributed by atoms with Gasteiger partial charge in [0.2, 0.25) is 0 Å². The number of urea groups is 1. The molecule has 3 aromatic rings. The third kappa shape index (κ3) is 3.85. The average Bonchev–Trinajstić information content (AvgIpc) is 3.36. The molecule has 0 aliphatic carbocycles. The minimum atomic E-state index is -0.401. The van der Waals surface area contributed by atoms with Crippen molar-refractivity contribution in [2.24, 2.45) is 0 Å². The van der Waals surface area contributed by atoms with Crippen LogP contribution in [0.15, 0.2) is 60.8 Å². The van der Waals surface area contributed by atoms with Crippen LogP contribution in [0.3, 0.4) is 0 Å². The minimum Gasteiger partial charge on any atom is -0.497 e. The second kappa shape index (κ2) is 8.78. The summed E-state index contributed by atoms with van der Waals surface area (Å²) in [4.78, 5) is 26.8. The van der Waals surface area contributed by atoms with E-state index < -0.39 is 5.97 Å². The number of methoxy groups -OCH3 is 1. The van der Waals surface area contributed by atoms with Gasteiger partial charge in [0.1, 0.15) is 5.75 Å². The highest BCUT2D eigenvalue weighted by molar-refractivity contribution is 5.94. The van der Waals surface area contributed by atoms with E-state index in [1.807, 2.05) is 17.0 Å². The number of hydrogen-bond donors (Lipinski definition) is 2. The van der Waals surface area contributed by atoms with Crippen molar-refractivity contribution >= 4 is 23.4 Å². The molecule has 1 aromatic heterocycles. The smallest absolute Gasteiger partial charge is 0.338 e. The van der Waals surface area contributed by atoms with Gasteiger partial charge in [0.15, 0.2) is 0 Å². The van der Waals surface area contributed by atoms with E-state index in [0.29, 0.717) is 30.9 Å². The molecule has 0 bridgehead atoms. The lowest BCUT2D eigenvalue weighted by Gasteiger charge is -2.46. The number of anilines is 2. The number of nitrogens with one attached hydrogen (secondary N) is 2. The third-order valence-corrected chi connectivity index (χ3v) is 6.61. The summed E-state index contributed by atoms with van der Waals surface area (Å²) in [7, 11) is 1.67. The topological polar surface area (TPSA) is 84.8 Å². The second-order valence-electron chi connectivity index (χ2n) is 8.57. The van der Waals surface area contributed by atoms with Crippen LogP contribution in [0.2, 0.25) is 0 Å². The van der Waals surface area contributed by atoms with Crippen molar-refractivity contribution in [3.8, 4) is 11.4 Å². The summed E-state index contributed by atoms with van der Waals surface area (Å²) in [6.07, 6.45) is 3.62. The van der Waals surface area contributed by atoms with E-state index in [0.717, 1.165) is 30.0 Å². The summed E-state index contributed by atoms with van der Waals surface area (Å²) < 4.78 is 12.7. The zero-order chi connectivity index (χ0) is 23.7. The number of aromatic nitrogens is 1. The van der Waals surface area contributed by atoms with Gasteiger partial charge in [0, 0.05) is 36.7 Å². The number of hydrogen-bond acceptors (Lipinski definition) is 5. The van der Waals surface area contributed by atoms with E-state index in [1.165, 1.54) is 5.69 Å². The molecule has 2 amide bonds. The number of esters is 1. The standard InChI is InChI=1S/C26H28N4O4/c1-3-34-24(31)18-6-4-7-19(16-18)27-25(32)29-14-11-26(12-15-29)23-8-5-13-30(23)22-10-9-20(33-2)17-21(22)28-26/h4-10,13,16-17,28H,3,11-12,14-15H2,1-2H3,(H,27,32). The number of rotatable bonds is 4. The number of benzene rings is 2. The zero-order valence-electron chi connectivity index (χ0n) is 19.3. The molecule has 8 nitrogen and oxygen atoms in total. The molecule has 0 unspecified atom stereocenters. The monoisotopic (exact) mass is 460 g/mol. The van der Waals surface area contributed by atoms with Gasteiger partial charge in [-0.2, -0.15) is 0 Å². The maximum Gasteiger partial charge on any atom is 0.338 e. The summed E-state index contributed by atoms with van der Waals surface area (Å²) in [5.41, 5.74) is 4.04. The fourth-order valence-corrected chi connectivity index (χ4v) is 4.87. The summed E-state index contributed by atoms with van der Waals surface area (Å²) in [5.74, 6) is 0.403. The molecular formula is C26H28N4O4. The molecule has 1 fully saturated rings. The molecule has 2 N–H and O–H groups in total. The first-order valence-electron chi connectivity index (χ1n) is 11.5. The SMILES string of the molecule is CCOC(=O)c1cccc(NC(=O)N2CCC3(CC2)Nc2cc(OC)ccc2-n2cccc23)c1. The van der Waals surface area contributed by atoms with Crippen LogP contribution in [0.4, 0.5) is 16.2 Å². The van der Waals surface area contributed by atoms with Crippen molar-refractivity contribution < 1.29 is 19.1 Å². The second-order valence-corrected chi connectivity index (χ2v) is 8.57. The first kappa shape index (κ1) is 21.9. The molecule has 3 heterocycles. The van der Waals surface area contributed by atoms with Gasteiger partial charge < -0.3 is 29.6 Å². The summed E-state index contributed by atoms with van der Waals surface area (Å²) in [5, 5.41) is 6.68.